The van der Waals surface area contributed by atoms with E-state index in [2.05, 4.69) is 5.32 Å². The van der Waals surface area contributed by atoms with Crippen molar-refractivity contribution in [2.75, 3.05) is 6.54 Å². The molecule has 0 spiro atoms. The Morgan fingerprint density at radius 2 is 1.56 bits per heavy atom. The lowest BCUT2D eigenvalue weighted by Crippen LogP contribution is -2.52. The minimum absolute atomic E-state index is 0.0283. The lowest BCUT2D eigenvalue weighted by molar-refractivity contribution is -0.141. The van der Waals surface area contributed by atoms with Crippen LogP contribution in [0.15, 0.2) is 72.8 Å². The molecule has 2 atom stereocenters. The lowest BCUT2D eigenvalue weighted by Gasteiger charge is -2.33. The van der Waals surface area contributed by atoms with Gasteiger partial charge in [0.2, 0.25) is 11.8 Å². The van der Waals surface area contributed by atoms with E-state index in [1.54, 1.807) is 47.4 Å². The Bertz CT molecular complexity index is 1390. The zero-order valence-corrected chi connectivity index (χ0v) is 24.6. The van der Waals surface area contributed by atoms with Crippen molar-refractivity contribution >= 4 is 46.8 Å². The SMILES string of the molecule is CC[C@H](C)NC(=O)[C@@H](Cc1ccccc1)N(Cc1ccc(Cl)cc1Cl)C(=O)CCCN1C(=O)c2ccccc2C1=O. The molecule has 214 valence electrons. The van der Waals surface area contributed by atoms with Crippen molar-refractivity contribution in [2.24, 2.45) is 0 Å². The molecule has 0 radical (unpaired) electrons. The Balaban J connectivity index is 1.57. The van der Waals surface area contributed by atoms with Crippen LogP contribution in [-0.4, -0.2) is 52.1 Å². The van der Waals surface area contributed by atoms with Crippen LogP contribution in [0.1, 0.15) is 65.0 Å². The van der Waals surface area contributed by atoms with E-state index in [-0.39, 0.29) is 55.6 Å². The van der Waals surface area contributed by atoms with Gasteiger partial charge >= 0.3 is 0 Å². The van der Waals surface area contributed by atoms with E-state index in [0.717, 1.165) is 12.0 Å². The van der Waals surface area contributed by atoms with E-state index >= 15 is 0 Å². The quantitative estimate of drug-likeness (QED) is 0.264. The van der Waals surface area contributed by atoms with Crippen molar-refractivity contribution in [3.63, 3.8) is 0 Å². The van der Waals surface area contributed by atoms with Crippen molar-refractivity contribution in [1.82, 2.24) is 15.1 Å². The molecule has 0 saturated carbocycles. The summed E-state index contributed by atoms with van der Waals surface area (Å²) in [4.78, 5) is 55.8. The van der Waals surface area contributed by atoms with Gasteiger partial charge in [0.15, 0.2) is 0 Å². The number of amides is 4. The largest absolute Gasteiger partial charge is 0.352 e. The minimum atomic E-state index is -0.815. The van der Waals surface area contributed by atoms with E-state index < -0.39 is 6.04 Å². The standard InChI is InChI=1S/C32H33Cl2N3O4/c1-3-21(2)35-30(39)28(18-22-10-5-4-6-11-22)37(20-23-15-16-24(33)19-27(23)34)29(38)14-9-17-36-31(40)25-12-7-8-13-26(25)32(36)41/h4-8,10-13,15-16,19,21,28H,3,9,14,17-18,20H2,1-2H3,(H,35,39)/t21-,28+/m0/s1. The molecule has 0 aromatic heterocycles. The van der Waals surface area contributed by atoms with Crippen LogP contribution in [0.2, 0.25) is 10.0 Å². The fraction of sp³-hybridized carbons (Fsp3) is 0.312. The molecule has 0 fully saturated rings. The zero-order chi connectivity index (χ0) is 29.5. The van der Waals surface area contributed by atoms with Crippen molar-refractivity contribution in [3.8, 4) is 0 Å². The van der Waals surface area contributed by atoms with Gasteiger partial charge in [-0.25, -0.2) is 0 Å². The Morgan fingerprint density at radius 1 is 0.927 bits per heavy atom. The molecule has 4 rings (SSSR count). The van der Waals surface area contributed by atoms with Crippen LogP contribution < -0.4 is 5.32 Å². The maximum Gasteiger partial charge on any atom is 0.261 e. The first-order valence-electron chi connectivity index (χ1n) is 13.7. The molecule has 3 aromatic rings. The third-order valence-corrected chi connectivity index (χ3v) is 7.87. The number of benzene rings is 3. The fourth-order valence-corrected chi connectivity index (χ4v) is 5.27. The number of hydrogen-bond donors (Lipinski definition) is 1. The molecule has 9 heteroatoms. The maximum atomic E-state index is 13.9. The van der Waals surface area contributed by atoms with E-state index in [0.29, 0.717) is 33.2 Å². The third-order valence-electron chi connectivity index (χ3n) is 7.28. The molecule has 0 saturated heterocycles. The molecule has 0 bridgehead atoms. The van der Waals surface area contributed by atoms with Gasteiger partial charge in [-0.3, -0.25) is 24.1 Å². The van der Waals surface area contributed by atoms with E-state index in [9.17, 15) is 19.2 Å². The summed E-state index contributed by atoms with van der Waals surface area (Å²) >= 11 is 12.6. The van der Waals surface area contributed by atoms with Crippen LogP contribution in [0.25, 0.3) is 0 Å². The topological polar surface area (TPSA) is 86.8 Å². The van der Waals surface area contributed by atoms with Crippen molar-refractivity contribution < 1.29 is 19.2 Å². The van der Waals surface area contributed by atoms with Gasteiger partial charge < -0.3 is 10.2 Å². The number of rotatable bonds is 12. The van der Waals surface area contributed by atoms with Crippen LogP contribution in [0, 0.1) is 0 Å². The fourth-order valence-electron chi connectivity index (χ4n) is 4.80. The van der Waals surface area contributed by atoms with Crippen LogP contribution >= 0.6 is 23.2 Å². The highest BCUT2D eigenvalue weighted by atomic mass is 35.5. The van der Waals surface area contributed by atoms with Crippen molar-refractivity contribution in [1.29, 1.82) is 0 Å². The molecule has 3 aromatic carbocycles. The first kappa shape index (κ1) is 30.3. The van der Waals surface area contributed by atoms with E-state index in [4.69, 9.17) is 23.2 Å². The van der Waals surface area contributed by atoms with Crippen molar-refractivity contribution in [2.45, 2.75) is 58.2 Å². The number of carbonyl (C=O) groups is 4. The van der Waals surface area contributed by atoms with Gasteiger partial charge in [-0.15, -0.1) is 0 Å². The Kier molecular flexibility index (Phi) is 10.2. The summed E-state index contributed by atoms with van der Waals surface area (Å²) in [5, 5.41) is 3.89. The molecule has 1 heterocycles. The molecule has 7 nitrogen and oxygen atoms in total. The number of nitrogens with zero attached hydrogens (tertiary/aromatic N) is 2. The summed E-state index contributed by atoms with van der Waals surface area (Å²) in [7, 11) is 0. The molecule has 4 amide bonds. The number of hydrogen-bond acceptors (Lipinski definition) is 4. The Morgan fingerprint density at radius 3 is 2.17 bits per heavy atom. The number of imide groups is 1. The molecule has 0 aliphatic carbocycles. The highest BCUT2D eigenvalue weighted by Gasteiger charge is 2.35. The average molecular weight is 595 g/mol. The summed E-state index contributed by atoms with van der Waals surface area (Å²) in [6, 6.07) is 20.4. The number of carbonyl (C=O) groups excluding carboxylic acids is 4. The normalized spacial score (nSPS) is 14.0. The summed E-state index contributed by atoms with van der Waals surface area (Å²) < 4.78 is 0. The summed E-state index contributed by atoms with van der Waals surface area (Å²) in [6.07, 6.45) is 1.32. The van der Waals surface area contributed by atoms with Gasteiger partial charge in [0.25, 0.3) is 11.8 Å². The second-order valence-corrected chi connectivity index (χ2v) is 11.0. The predicted octanol–water partition coefficient (Wildman–Crippen LogP) is 5.92. The Hall–Kier alpha value is -3.68. The first-order chi connectivity index (χ1) is 19.7. The van der Waals surface area contributed by atoms with Crippen LogP contribution in [0.3, 0.4) is 0 Å². The minimum Gasteiger partial charge on any atom is -0.352 e. The Labute approximate surface area is 250 Å². The molecular weight excluding hydrogens is 561 g/mol. The molecular formula is C32H33Cl2N3O4. The van der Waals surface area contributed by atoms with Gasteiger partial charge in [-0.05, 0) is 55.2 Å². The monoisotopic (exact) mass is 593 g/mol. The van der Waals surface area contributed by atoms with Crippen LogP contribution in [0.5, 0.6) is 0 Å². The van der Waals surface area contributed by atoms with Gasteiger partial charge in [0.05, 0.1) is 11.1 Å². The molecule has 1 aliphatic heterocycles. The summed E-state index contributed by atoms with van der Waals surface area (Å²) in [5.41, 5.74) is 2.29. The predicted molar refractivity (Wildman–Crippen MR) is 160 cm³/mol. The number of halogens is 2. The number of fused-ring (bicyclic) bond motifs is 1. The summed E-state index contributed by atoms with van der Waals surface area (Å²) in [5.74, 6) is -1.27. The van der Waals surface area contributed by atoms with Crippen LogP contribution in [-0.2, 0) is 22.6 Å². The van der Waals surface area contributed by atoms with Gasteiger partial charge in [0, 0.05) is 42.0 Å². The number of nitrogens with one attached hydrogen (secondary N) is 1. The molecule has 1 aliphatic rings. The van der Waals surface area contributed by atoms with E-state index in [1.165, 1.54) is 4.90 Å². The highest BCUT2D eigenvalue weighted by Crippen LogP contribution is 2.26. The summed E-state index contributed by atoms with van der Waals surface area (Å²) in [6.45, 7) is 4.08. The average Bonchev–Trinajstić information content (AvgIpc) is 3.21. The third kappa shape index (κ3) is 7.34. The van der Waals surface area contributed by atoms with Crippen molar-refractivity contribution in [3.05, 3.63) is 105 Å². The highest BCUT2D eigenvalue weighted by molar-refractivity contribution is 6.35. The maximum absolute atomic E-state index is 13.9. The van der Waals surface area contributed by atoms with E-state index in [1.807, 2.05) is 44.2 Å². The van der Waals surface area contributed by atoms with Gasteiger partial charge in [-0.2, -0.15) is 0 Å². The molecule has 1 N–H and O–H groups in total. The van der Waals surface area contributed by atoms with Gasteiger partial charge in [0.1, 0.15) is 6.04 Å². The second-order valence-electron chi connectivity index (χ2n) is 10.2. The smallest absolute Gasteiger partial charge is 0.261 e. The molecule has 0 unspecified atom stereocenters. The van der Waals surface area contributed by atoms with Gasteiger partial charge in [-0.1, -0.05) is 78.7 Å². The van der Waals surface area contributed by atoms with Crippen LogP contribution in [0.4, 0.5) is 0 Å². The second kappa shape index (κ2) is 13.8. The first-order valence-corrected chi connectivity index (χ1v) is 14.5. The lowest BCUT2D eigenvalue weighted by atomic mass is 10.0. The zero-order valence-electron chi connectivity index (χ0n) is 23.1. The molecule has 41 heavy (non-hydrogen) atoms.